The van der Waals surface area contributed by atoms with Crippen molar-refractivity contribution < 1.29 is 23.4 Å². The number of hydrogen-bond acceptors (Lipinski definition) is 9. The number of anilines is 1. The first-order valence-corrected chi connectivity index (χ1v) is 17.0. The first-order valence-electron chi connectivity index (χ1n) is 17.0. The van der Waals surface area contributed by atoms with Crippen LogP contribution in [0.4, 0.5) is 14.6 Å². The van der Waals surface area contributed by atoms with E-state index in [-0.39, 0.29) is 57.4 Å². The van der Waals surface area contributed by atoms with Crippen molar-refractivity contribution in [1.29, 1.82) is 0 Å². The van der Waals surface area contributed by atoms with Gasteiger partial charge in [0, 0.05) is 84.7 Å². The molecule has 1 aliphatic carbocycles. The molecule has 9 nitrogen and oxygen atoms in total. The van der Waals surface area contributed by atoms with Crippen molar-refractivity contribution >= 4 is 27.5 Å². The Labute approximate surface area is 277 Å². The number of likely N-dealkylation sites (tertiary alicyclic amines) is 1. The number of aromatic nitrogens is 2. The summed E-state index contributed by atoms with van der Waals surface area (Å²) in [6.07, 6.45) is 10.2. The third-order valence-corrected chi connectivity index (χ3v) is 11.0. The first kappa shape index (κ1) is 30.0. The number of nitrogens with zero attached hydrogens (tertiary/aromatic N) is 4. The second-order valence-electron chi connectivity index (χ2n) is 14.3. The van der Waals surface area contributed by atoms with Crippen LogP contribution >= 0.6 is 0 Å². The number of rotatable bonds is 7. The van der Waals surface area contributed by atoms with Crippen molar-refractivity contribution in [2.45, 2.75) is 49.9 Å². The van der Waals surface area contributed by atoms with Crippen LogP contribution in [0.15, 0.2) is 36.4 Å². The minimum absolute atomic E-state index is 0.0244. The summed E-state index contributed by atoms with van der Waals surface area (Å²) in [6, 6.07) is 10.4. The van der Waals surface area contributed by atoms with Gasteiger partial charge in [0.05, 0.1) is 24.9 Å². The third-order valence-electron chi connectivity index (χ3n) is 11.0. The van der Waals surface area contributed by atoms with Gasteiger partial charge in [0.2, 0.25) is 0 Å². The topological polar surface area (TPSA) is 95.0 Å². The number of ether oxygens (including phenoxy) is 2. The Hall–Kier alpha value is -4.08. The summed E-state index contributed by atoms with van der Waals surface area (Å²) < 4.78 is 45.6. The van der Waals surface area contributed by atoms with Crippen LogP contribution in [-0.4, -0.2) is 96.7 Å². The van der Waals surface area contributed by atoms with Crippen LogP contribution in [0.5, 0.6) is 11.8 Å². The van der Waals surface area contributed by atoms with Gasteiger partial charge >= 0.3 is 6.01 Å². The quantitative estimate of drug-likeness (QED) is 0.254. The van der Waals surface area contributed by atoms with E-state index in [1.807, 2.05) is 0 Å². The summed E-state index contributed by atoms with van der Waals surface area (Å²) in [5, 5.41) is 19.1. The van der Waals surface area contributed by atoms with Crippen molar-refractivity contribution in [2.24, 2.45) is 5.41 Å². The molecule has 4 aromatic rings. The van der Waals surface area contributed by atoms with Crippen LogP contribution in [0.1, 0.15) is 31.2 Å². The predicted octanol–water partition coefficient (Wildman–Crippen LogP) is 4.19. The van der Waals surface area contributed by atoms with Gasteiger partial charge in [0.1, 0.15) is 22.9 Å². The Morgan fingerprint density at radius 2 is 1.92 bits per heavy atom. The monoisotopic (exact) mass is 652 g/mol. The molecule has 0 radical (unpaired) electrons. The van der Waals surface area contributed by atoms with Gasteiger partial charge < -0.3 is 30.1 Å². The second-order valence-corrected chi connectivity index (χ2v) is 14.3. The number of benzene rings is 3. The standard InChI is InChI=1S/C37H38F2N6O3/c1-2-21-4-3-5-22-12-25(46)13-26(31(21)22)32-28(38)14-27-34(33(32)39)42-36(43-35(27)45-15-23-6-7-24(16-45)41-23)48-20-37(8-9-37)19-44-17-29-30(18-44)47-11-10-40-29/h1,3-5,12-14,23-24,29-30,40-41,46H,6-11,15-20H2. The molecule has 48 heavy (non-hydrogen) atoms. The second kappa shape index (κ2) is 11.5. The highest BCUT2D eigenvalue weighted by molar-refractivity contribution is 6.04. The van der Waals surface area contributed by atoms with Gasteiger partial charge in [-0.1, -0.05) is 18.1 Å². The van der Waals surface area contributed by atoms with Crippen LogP contribution in [-0.2, 0) is 4.74 Å². The number of nitrogens with one attached hydrogen (secondary N) is 2. The third kappa shape index (κ3) is 5.22. The molecule has 4 saturated heterocycles. The van der Waals surface area contributed by atoms with E-state index in [1.165, 1.54) is 18.2 Å². The highest BCUT2D eigenvalue weighted by atomic mass is 19.1. The molecule has 0 amide bonds. The van der Waals surface area contributed by atoms with Crippen LogP contribution in [0.2, 0.25) is 0 Å². The van der Waals surface area contributed by atoms with Crippen molar-refractivity contribution in [2.75, 3.05) is 57.4 Å². The minimum atomic E-state index is -0.844. The molecule has 248 valence electrons. The van der Waals surface area contributed by atoms with Gasteiger partial charge in [-0.25, -0.2) is 8.78 Å². The fraction of sp³-hybridized carbons (Fsp3) is 0.459. The lowest BCUT2D eigenvalue weighted by atomic mass is 9.93. The molecule has 3 N–H and O–H groups in total. The zero-order valence-electron chi connectivity index (χ0n) is 26.6. The van der Waals surface area contributed by atoms with Crippen LogP contribution in [0.25, 0.3) is 32.8 Å². The highest BCUT2D eigenvalue weighted by Crippen LogP contribution is 2.47. The van der Waals surface area contributed by atoms with E-state index < -0.39 is 11.6 Å². The van der Waals surface area contributed by atoms with Crippen LogP contribution in [0.3, 0.4) is 0 Å². The molecule has 4 aliphatic heterocycles. The van der Waals surface area contributed by atoms with E-state index >= 15 is 8.78 Å². The molecule has 1 saturated carbocycles. The van der Waals surface area contributed by atoms with E-state index in [9.17, 15) is 5.11 Å². The summed E-state index contributed by atoms with van der Waals surface area (Å²) in [4.78, 5) is 14.0. The van der Waals surface area contributed by atoms with Gasteiger partial charge in [0.25, 0.3) is 0 Å². The number of fused-ring (bicyclic) bond motifs is 5. The molecule has 2 bridgehead atoms. The maximum Gasteiger partial charge on any atom is 0.319 e. The molecule has 0 spiro atoms. The Bertz CT molecular complexity index is 1950. The number of aromatic hydroxyl groups is 1. The van der Waals surface area contributed by atoms with E-state index in [1.54, 1.807) is 18.2 Å². The number of halogens is 2. The van der Waals surface area contributed by atoms with E-state index in [2.05, 4.69) is 31.3 Å². The van der Waals surface area contributed by atoms with Gasteiger partial charge in [-0.2, -0.15) is 9.97 Å². The van der Waals surface area contributed by atoms with Crippen molar-refractivity contribution in [3.05, 3.63) is 53.6 Å². The first-order chi connectivity index (χ1) is 23.4. The SMILES string of the molecule is C#Cc1cccc2cc(O)cc(-c3c(F)cc4c(N5CC6CCC(C5)N6)nc(OCC5(CN6CC7NCCOC7C6)CC5)nc4c3F)c12. The zero-order chi connectivity index (χ0) is 32.6. The van der Waals surface area contributed by atoms with Gasteiger partial charge in [0.15, 0.2) is 5.82 Å². The molecular weight excluding hydrogens is 614 g/mol. The molecule has 11 heteroatoms. The fourth-order valence-corrected chi connectivity index (χ4v) is 8.43. The van der Waals surface area contributed by atoms with E-state index in [0.717, 1.165) is 58.5 Å². The normalized spacial score (nSPS) is 26.1. The van der Waals surface area contributed by atoms with Gasteiger partial charge in [-0.05, 0) is 55.3 Å². The van der Waals surface area contributed by atoms with E-state index in [0.29, 0.717) is 47.9 Å². The molecule has 1 aromatic heterocycles. The largest absolute Gasteiger partial charge is 0.508 e. The Morgan fingerprint density at radius 1 is 1.08 bits per heavy atom. The van der Waals surface area contributed by atoms with Gasteiger partial charge in [-0.15, -0.1) is 6.42 Å². The summed E-state index contributed by atoms with van der Waals surface area (Å²) >= 11 is 0. The average Bonchev–Trinajstić information content (AvgIpc) is 3.59. The molecule has 4 atom stereocenters. The number of phenolic OH excluding ortho intramolecular Hbond substituents is 1. The fourth-order valence-electron chi connectivity index (χ4n) is 8.43. The number of morpholine rings is 1. The summed E-state index contributed by atoms with van der Waals surface area (Å²) in [5.74, 6) is 1.35. The summed E-state index contributed by atoms with van der Waals surface area (Å²) in [5.41, 5.74) is 0.286. The Kier molecular flexibility index (Phi) is 7.20. The maximum absolute atomic E-state index is 16.9. The lowest BCUT2D eigenvalue weighted by molar-refractivity contribution is 0.0169. The summed E-state index contributed by atoms with van der Waals surface area (Å²) in [7, 11) is 0. The molecule has 5 fully saturated rings. The zero-order valence-corrected chi connectivity index (χ0v) is 26.6. The van der Waals surface area contributed by atoms with E-state index in [4.69, 9.17) is 20.9 Å². The molecule has 5 aliphatic rings. The molecule has 3 aromatic carbocycles. The van der Waals surface area contributed by atoms with Crippen molar-refractivity contribution in [3.63, 3.8) is 0 Å². The number of hydrogen-bond donors (Lipinski definition) is 3. The van der Waals surface area contributed by atoms with Crippen LogP contribution < -0.4 is 20.3 Å². The van der Waals surface area contributed by atoms with Gasteiger partial charge in [-0.3, -0.25) is 4.90 Å². The number of piperazine rings is 1. The van der Waals surface area contributed by atoms with Crippen molar-refractivity contribution in [3.8, 4) is 35.2 Å². The number of phenols is 1. The molecule has 9 rings (SSSR count). The number of terminal acetylenes is 1. The molecule has 5 heterocycles. The van der Waals surface area contributed by atoms with Crippen molar-refractivity contribution in [1.82, 2.24) is 25.5 Å². The molecule has 4 unspecified atom stereocenters. The maximum atomic E-state index is 16.9. The average molecular weight is 653 g/mol. The minimum Gasteiger partial charge on any atom is -0.508 e. The lowest BCUT2D eigenvalue weighted by Gasteiger charge is -2.34. The van der Waals surface area contributed by atoms with Crippen LogP contribution in [0, 0.1) is 29.4 Å². The lowest BCUT2D eigenvalue weighted by Crippen LogP contribution is -2.51. The highest BCUT2D eigenvalue weighted by Gasteiger charge is 2.48. The smallest absolute Gasteiger partial charge is 0.319 e. The Balaban J connectivity index is 1.11. The predicted molar refractivity (Wildman–Crippen MR) is 179 cm³/mol. The summed E-state index contributed by atoms with van der Waals surface area (Å²) in [6.45, 7) is 6.11. The molecular formula is C37H38F2N6O3. The Morgan fingerprint density at radius 3 is 2.69 bits per heavy atom.